The van der Waals surface area contributed by atoms with E-state index in [9.17, 15) is 0 Å². The molecule has 2 aromatic heterocycles. The zero-order chi connectivity index (χ0) is 14.5. The van der Waals surface area contributed by atoms with Crippen molar-refractivity contribution in [1.82, 2.24) is 9.97 Å². The first kappa shape index (κ1) is 15.3. The maximum absolute atomic E-state index is 4.46. The highest BCUT2D eigenvalue weighted by Gasteiger charge is 2.18. The number of nitrogens with zero attached hydrogens (tertiary/aromatic N) is 3. The highest BCUT2D eigenvalue weighted by molar-refractivity contribution is 9.10. The molecule has 108 valence electrons. The summed E-state index contributed by atoms with van der Waals surface area (Å²) in [6.45, 7) is 8.10. The Hall–Kier alpha value is -1.14. The first-order valence-corrected chi connectivity index (χ1v) is 8.34. The van der Waals surface area contributed by atoms with Crippen LogP contribution in [0.4, 0.5) is 11.6 Å². The second-order valence-electron chi connectivity index (χ2n) is 4.69. The van der Waals surface area contributed by atoms with Gasteiger partial charge in [-0.2, -0.15) is 0 Å². The van der Waals surface area contributed by atoms with Crippen LogP contribution in [0.15, 0.2) is 28.3 Å². The summed E-state index contributed by atoms with van der Waals surface area (Å²) in [7, 11) is 0. The van der Waals surface area contributed by atoms with Crippen LogP contribution in [-0.2, 0) is 6.54 Å². The lowest BCUT2D eigenvalue weighted by Gasteiger charge is -2.28. The van der Waals surface area contributed by atoms with Gasteiger partial charge in [0.25, 0.3) is 0 Å². The van der Waals surface area contributed by atoms with Crippen molar-refractivity contribution in [2.45, 2.75) is 33.4 Å². The van der Waals surface area contributed by atoms with Gasteiger partial charge in [-0.25, -0.2) is 9.97 Å². The normalized spacial score (nSPS) is 10.8. The van der Waals surface area contributed by atoms with Gasteiger partial charge in [0.05, 0.1) is 6.54 Å². The molecule has 2 rings (SSSR count). The van der Waals surface area contributed by atoms with Gasteiger partial charge in [-0.05, 0) is 48.1 Å². The number of hydrogen-bond donors (Lipinski definition) is 1. The van der Waals surface area contributed by atoms with E-state index in [1.807, 2.05) is 0 Å². The van der Waals surface area contributed by atoms with Gasteiger partial charge in [-0.1, -0.05) is 6.07 Å². The maximum atomic E-state index is 4.46. The third-order valence-electron chi connectivity index (χ3n) is 2.92. The third kappa shape index (κ3) is 3.49. The zero-order valence-corrected chi connectivity index (χ0v) is 14.3. The Morgan fingerprint density at radius 3 is 2.80 bits per heavy atom. The standard InChI is InChI=1S/C14H19BrN4S/c1-4-16-13-12(15)14(18-9-17-13)19(10(2)3)8-11-6-5-7-20-11/h5-7,9-10H,4,8H2,1-3H3,(H,16,17,18). The number of aromatic nitrogens is 2. The second kappa shape index (κ2) is 7.04. The summed E-state index contributed by atoms with van der Waals surface area (Å²) in [6, 6.07) is 4.59. The van der Waals surface area contributed by atoms with Gasteiger partial charge in [0, 0.05) is 17.5 Å². The van der Waals surface area contributed by atoms with Crippen molar-refractivity contribution in [2.75, 3.05) is 16.8 Å². The van der Waals surface area contributed by atoms with Crippen LogP contribution < -0.4 is 10.2 Å². The number of rotatable bonds is 6. The summed E-state index contributed by atoms with van der Waals surface area (Å²) in [6.07, 6.45) is 1.61. The van der Waals surface area contributed by atoms with Crippen molar-refractivity contribution in [2.24, 2.45) is 0 Å². The minimum absolute atomic E-state index is 0.359. The molecule has 0 radical (unpaired) electrons. The van der Waals surface area contributed by atoms with Crippen LogP contribution in [0, 0.1) is 0 Å². The maximum Gasteiger partial charge on any atom is 0.149 e. The molecule has 0 amide bonds. The van der Waals surface area contributed by atoms with E-state index in [2.05, 4.69) is 74.4 Å². The van der Waals surface area contributed by atoms with Gasteiger partial charge >= 0.3 is 0 Å². The van der Waals surface area contributed by atoms with E-state index in [1.165, 1.54) is 4.88 Å². The minimum atomic E-state index is 0.359. The molecule has 0 spiro atoms. The molecule has 2 aromatic rings. The van der Waals surface area contributed by atoms with Crippen LogP contribution in [0.1, 0.15) is 25.6 Å². The molecule has 0 atom stereocenters. The largest absolute Gasteiger partial charge is 0.369 e. The summed E-state index contributed by atoms with van der Waals surface area (Å²) >= 11 is 5.40. The Morgan fingerprint density at radius 1 is 1.40 bits per heavy atom. The molecule has 1 N–H and O–H groups in total. The Balaban J connectivity index is 2.32. The van der Waals surface area contributed by atoms with Gasteiger partial charge in [0.15, 0.2) is 0 Å². The fourth-order valence-electron chi connectivity index (χ4n) is 1.92. The predicted octanol–water partition coefficient (Wildman–Crippen LogP) is 4.15. The van der Waals surface area contributed by atoms with E-state index < -0.39 is 0 Å². The number of halogens is 1. The van der Waals surface area contributed by atoms with Crippen molar-refractivity contribution in [3.05, 3.63) is 33.2 Å². The molecule has 6 heteroatoms. The summed E-state index contributed by atoms with van der Waals surface area (Å²) in [5.74, 6) is 1.77. The number of anilines is 2. The Morgan fingerprint density at radius 2 is 2.20 bits per heavy atom. The molecule has 0 aliphatic rings. The highest BCUT2D eigenvalue weighted by Crippen LogP contribution is 2.31. The van der Waals surface area contributed by atoms with Crippen LogP contribution in [0.3, 0.4) is 0 Å². The van der Waals surface area contributed by atoms with Gasteiger partial charge in [-0.15, -0.1) is 11.3 Å². The Bertz CT molecular complexity index is 542. The van der Waals surface area contributed by atoms with E-state index in [-0.39, 0.29) is 0 Å². The molecule has 0 saturated carbocycles. The molecule has 0 bridgehead atoms. The van der Waals surface area contributed by atoms with Crippen LogP contribution >= 0.6 is 27.3 Å². The molecular formula is C14H19BrN4S. The van der Waals surface area contributed by atoms with Crippen LogP contribution in [0.25, 0.3) is 0 Å². The Labute approximate surface area is 132 Å². The van der Waals surface area contributed by atoms with E-state index >= 15 is 0 Å². The predicted molar refractivity (Wildman–Crippen MR) is 89.5 cm³/mol. The third-order valence-corrected chi connectivity index (χ3v) is 4.51. The molecule has 0 aliphatic carbocycles. The van der Waals surface area contributed by atoms with Crippen molar-refractivity contribution >= 4 is 38.9 Å². The van der Waals surface area contributed by atoms with E-state index in [0.29, 0.717) is 6.04 Å². The number of hydrogen-bond acceptors (Lipinski definition) is 5. The van der Waals surface area contributed by atoms with E-state index in [4.69, 9.17) is 0 Å². The van der Waals surface area contributed by atoms with Gasteiger partial charge in [0.1, 0.15) is 22.4 Å². The monoisotopic (exact) mass is 354 g/mol. The quantitative estimate of drug-likeness (QED) is 0.845. The molecule has 0 unspecified atom stereocenters. The van der Waals surface area contributed by atoms with Crippen LogP contribution in [0.2, 0.25) is 0 Å². The first-order chi connectivity index (χ1) is 9.63. The summed E-state index contributed by atoms with van der Waals surface area (Å²) in [5.41, 5.74) is 0. The van der Waals surface area contributed by atoms with Crippen molar-refractivity contribution in [1.29, 1.82) is 0 Å². The molecular weight excluding hydrogens is 336 g/mol. The SMILES string of the molecule is CCNc1ncnc(N(Cc2cccs2)C(C)C)c1Br. The topological polar surface area (TPSA) is 41.1 Å². The smallest absolute Gasteiger partial charge is 0.149 e. The first-order valence-electron chi connectivity index (χ1n) is 6.66. The number of thiophene rings is 1. The number of nitrogens with one attached hydrogen (secondary N) is 1. The average Bonchev–Trinajstić information content (AvgIpc) is 2.92. The average molecular weight is 355 g/mol. The van der Waals surface area contributed by atoms with E-state index in [0.717, 1.165) is 29.2 Å². The lowest BCUT2D eigenvalue weighted by molar-refractivity contribution is 0.674. The fourth-order valence-corrected chi connectivity index (χ4v) is 3.20. The fraction of sp³-hybridized carbons (Fsp3) is 0.429. The molecule has 0 aliphatic heterocycles. The lowest BCUT2D eigenvalue weighted by Crippen LogP contribution is -2.31. The van der Waals surface area contributed by atoms with Crippen LogP contribution in [0.5, 0.6) is 0 Å². The second-order valence-corrected chi connectivity index (χ2v) is 6.52. The van der Waals surface area contributed by atoms with Gasteiger partial charge < -0.3 is 10.2 Å². The molecule has 4 nitrogen and oxygen atoms in total. The van der Waals surface area contributed by atoms with Crippen molar-refractivity contribution in [3.8, 4) is 0 Å². The molecule has 0 fully saturated rings. The Kier molecular flexibility index (Phi) is 5.37. The highest BCUT2D eigenvalue weighted by atomic mass is 79.9. The van der Waals surface area contributed by atoms with Crippen molar-refractivity contribution in [3.63, 3.8) is 0 Å². The van der Waals surface area contributed by atoms with Crippen LogP contribution in [-0.4, -0.2) is 22.6 Å². The minimum Gasteiger partial charge on any atom is -0.369 e. The lowest BCUT2D eigenvalue weighted by atomic mass is 10.3. The van der Waals surface area contributed by atoms with Crippen molar-refractivity contribution < 1.29 is 0 Å². The molecule has 20 heavy (non-hydrogen) atoms. The summed E-state index contributed by atoms with van der Waals surface area (Å²) < 4.78 is 0.923. The molecule has 0 saturated heterocycles. The van der Waals surface area contributed by atoms with Gasteiger partial charge in [-0.3, -0.25) is 0 Å². The zero-order valence-electron chi connectivity index (χ0n) is 11.9. The van der Waals surface area contributed by atoms with E-state index in [1.54, 1.807) is 17.7 Å². The van der Waals surface area contributed by atoms with Gasteiger partial charge in [0.2, 0.25) is 0 Å². The summed E-state index contributed by atoms with van der Waals surface area (Å²) in [4.78, 5) is 12.3. The molecule has 0 aromatic carbocycles. The molecule has 2 heterocycles. The summed E-state index contributed by atoms with van der Waals surface area (Å²) in [5, 5.41) is 5.35.